The summed E-state index contributed by atoms with van der Waals surface area (Å²) in [4.78, 5) is 43.1. The average molecular weight is 433 g/mol. The summed E-state index contributed by atoms with van der Waals surface area (Å²) in [7, 11) is 1.66. The number of piperidine rings is 1. The Hall–Kier alpha value is -3.72. The maximum absolute atomic E-state index is 13.0. The van der Waals surface area contributed by atoms with Gasteiger partial charge in [0.2, 0.25) is 11.8 Å². The van der Waals surface area contributed by atoms with E-state index >= 15 is 0 Å². The second-order valence-corrected chi connectivity index (χ2v) is 7.93. The lowest BCUT2D eigenvalue weighted by molar-refractivity contribution is -0.136. The van der Waals surface area contributed by atoms with Crippen molar-refractivity contribution in [3.05, 3.63) is 53.7 Å². The minimum Gasteiger partial charge on any atom is -0.383 e. The molecule has 1 unspecified atom stereocenters. The van der Waals surface area contributed by atoms with Crippen LogP contribution in [0.1, 0.15) is 28.8 Å². The maximum Gasteiger partial charge on any atom is 0.255 e. The third-order valence-electron chi connectivity index (χ3n) is 5.93. The lowest BCUT2D eigenvalue weighted by Crippen LogP contribution is -2.52. The van der Waals surface area contributed by atoms with Gasteiger partial charge in [0.15, 0.2) is 0 Å². The highest BCUT2D eigenvalue weighted by atomic mass is 16.5. The topological polar surface area (TPSA) is 105 Å². The van der Waals surface area contributed by atoms with Crippen LogP contribution in [-0.4, -0.2) is 58.3 Å². The summed E-state index contributed by atoms with van der Waals surface area (Å²) >= 11 is 0. The van der Waals surface area contributed by atoms with Gasteiger partial charge in [-0.05, 0) is 36.2 Å². The van der Waals surface area contributed by atoms with Crippen molar-refractivity contribution in [3.63, 3.8) is 0 Å². The molecule has 1 fully saturated rings. The van der Waals surface area contributed by atoms with Gasteiger partial charge in [0.05, 0.1) is 6.61 Å². The number of anilines is 1. The number of nitrogens with zero attached hydrogens (tertiary/aromatic N) is 3. The quantitative estimate of drug-likeness (QED) is 0.454. The Morgan fingerprint density at radius 1 is 1.22 bits per heavy atom. The normalized spacial score (nSPS) is 18.2. The number of hydrogen-bond acceptors (Lipinski definition) is 6. The molecule has 2 aliphatic rings. The van der Waals surface area contributed by atoms with Crippen LogP contribution in [0.5, 0.6) is 0 Å². The molecule has 3 aromatic rings. The lowest BCUT2D eigenvalue weighted by Gasteiger charge is -2.29. The number of ether oxygens (including phenoxy) is 1. The third-order valence-corrected chi connectivity index (χ3v) is 5.93. The van der Waals surface area contributed by atoms with Crippen LogP contribution in [0.3, 0.4) is 0 Å². The highest BCUT2D eigenvalue weighted by Crippen LogP contribution is 2.34. The Morgan fingerprint density at radius 2 is 2.09 bits per heavy atom. The van der Waals surface area contributed by atoms with Gasteiger partial charge >= 0.3 is 0 Å². The van der Waals surface area contributed by atoms with Gasteiger partial charge in [-0.3, -0.25) is 24.1 Å². The van der Waals surface area contributed by atoms with E-state index in [4.69, 9.17) is 9.72 Å². The number of benzene rings is 1. The molecule has 1 atom stereocenters. The molecular weight excluding hydrogens is 410 g/mol. The van der Waals surface area contributed by atoms with Gasteiger partial charge in [0.25, 0.3) is 5.91 Å². The molecule has 0 radical (unpaired) electrons. The molecule has 0 bridgehead atoms. The monoisotopic (exact) mass is 433 g/mol. The first-order valence-corrected chi connectivity index (χ1v) is 10.5. The molecule has 5 rings (SSSR count). The number of aromatic nitrogens is 2. The number of fused-ring (bicyclic) bond motifs is 2. The van der Waals surface area contributed by atoms with Crippen LogP contribution in [0, 0.1) is 0 Å². The average Bonchev–Trinajstić information content (AvgIpc) is 3.32. The Morgan fingerprint density at radius 3 is 2.91 bits per heavy atom. The van der Waals surface area contributed by atoms with Gasteiger partial charge in [0.1, 0.15) is 23.2 Å². The van der Waals surface area contributed by atoms with Crippen LogP contribution in [0.15, 0.2) is 42.6 Å². The molecule has 0 saturated carbocycles. The maximum atomic E-state index is 13.0. The molecule has 4 heterocycles. The molecule has 2 N–H and O–H groups in total. The summed E-state index contributed by atoms with van der Waals surface area (Å²) in [5, 5.41) is 5.73. The fourth-order valence-corrected chi connectivity index (χ4v) is 4.36. The molecule has 9 nitrogen and oxygen atoms in total. The summed E-state index contributed by atoms with van der Waals surface area (Å²) < 4.78 is 7.15. The number of methoxy groups -OCH3 is 1. The first kappa shape index (κ1) is 20.2. The number of imide groups is 1. The predicted molar refractivity (Wildman–Crippen MR) is 117 cm³/mol. The number of imidazole rings is 1. The third kappa shape index (κ3) is 3.40. The molecule has 0 spiro atoms. The van der Waals surface area contributed by atoms with Crippen molar-refractivity contribution in [2.45, 2.75) is 25.4 Å². The van der Waals surface area contributed by atoms with Crippen LogP contribution >= 0.6 is 0 Å². The van der Waals surface area contributed by atoms with Gasteiger partial charge < -0.3 is 15.0 Å². The van der Waals surface area contributed by atoms with Crippen LogP contribution in [0.25, 0.3) is 16.9 Å². The fraction of sp³-hybridized carbons (Fsp3) is 0.304. The van der Waals surface area contributed by atoms with Crippen LogP contribution in [-0.2, 0) is 20.9 Å². The Balaban J connectivity index is 1.48. The first-order valence-electron chi connectivity index (χ1n) is 10.5. The molecule has 164 valence electrons. The van der Waals surface area contributed by atoms with E-state index in [-0.39, 0.29) is 18.2 Å². The Kier molecular flexibility index (Phi) is 5.10. The van der Waals surface area contributed by atoms with E-state index in [2.05, 4.69) is 10.6 Å². The molecule has 2 aromatic heterocycles. The fourth-order valence-electron chi connectivity index (χ4n) is 4.36. The van der Waals surface area contributed by atoms with Crippen molar-refractivity contribution < 1.29 is 19.1 Å². The van der Waals surface area contributed by atoms with Gasteiger partial charge in [-0.15, -0.1) is 0 Å². The van der Waals surface area contributed by atoms with Crippen LogP contribution in [0.4, 0.5) is 5.82 Å². The zero-order chi connectivity index (χ0) is 22.2. The van der Waals surface area contributed by atoms with Gasteiger partial charge in [-0.25, -0.2) is 4.98 Å². The summed E-state index contributed by atoms with van der Waals surface area (Å²) in [5.74, 6) is -0.0379. The van der Waals surface area contributed by atoms with Crippen LogP contribution in [0.2, 0.25) is 0 Å². The molecule has 32 heavy (non-hydrogen) atoms. The van der Waals surface area contributed by atoms with Crippen LogP contribution < -0.4 is 10.6 Å². The number of rotatable bonds is 6. The molecule has 1 aromatic carbocycles. The summed E-state index contributed by atoms with van der Waals surface area (Å²) in [6.45, 7) is 1.51. The van der Waals surface area contributed by atoms with E-state index in [9.17, 15) is 14.4 Å². The van der Waals surface area contributed by atoms with Gasteiger partial charge in [-0.2, -0.15) is 0 Å². The molecule has 2 aliphatic heterocycles. The Labute approximate surface area is 184 Å². The van der Waals surface area contributed by atoms with Crippen molar-refractivity contribution in [2.24, 2.45) is 0 Å². The first-order chi connectivity index (χ1) is 15.6. The number of pyridine rings is 1. The van der Waals surface area contributed by atoms with E-state index < -0.39 is 11.9 Å². The second kappa shape index (κ2) is 8.08. The SMILES string of the molecule is COCCNc1c(-c2ccc3c(c2)CN(C2CCC(=O)NC2=O)C3=O)nc2ccccn12. The highest BCUT2D eigenvalue weighted by molar-refractivity contribution is 6.05. The highest BCUT2D eigenvalue weighted by Gasteiger charge is 2.39. The van der Waals surface area contributed by atoms with E-state index in [1.165, 1.54) is 0 Å². The van der Waals surface area contributed by atoms with Crippen molar-refractivity contribution in [1.82, 2.24) is 19.6 Å². The van der Waals surface area contributed by atoms with Gasteiger partial charge in [0, 0.05) is 43.9 Å². The number of amides is 3. The van der Waals surface area contributed by atoms with Crippen molar-refractivity contribution in [1.29, 1.82) is 0 Å². The summed E-state index contributed by atoms with van der Waals surface area (Å²) in [6, 6.07) is 10.8. The molecule has 3 amide bonds. The van der Waals surface area contributed by atoms with E-state index in [0.29, 0.717) is 31.7 Å². The molecule has 9 heteroatoms. The van der Waals surface area contributed by atoms with E-state index in [0.717, 1.165) is 28.3 Å². The minimum absolute atomic E-state index is 0.186. The van der Waals surface area contributed by atoms with E-state index in [1.807, 2.05) is 40.9 Å². The zero-order valence-corrected chi connectivity index (χ0v) is 17.6. The minimum atomic E-state index is -0.627. The number of carbonyl (C=O) groups excluding carboxylic acids is 3. The zero-order valence-electron chi connectivity index (χ0n) is 17.6. The van der Waals surface area contributed by atoms with E-state index in [1.54, 1.807) is 18.1 Å². The second-order valence-electron chi connectivity index (χ2n) is 7.93. The lowest BCUT2D eigenvalue weighted by atomic mass is 10.0. The predicted octanol–water partition coefficient (Wildman–Crippen LogP) is 1.82. The smallest absolute Gasteiger partial charge is 0.255 e. The summed E-state index contributed by atoms with van der Waals surface area (Å²) in [6.07, 6.45) is 2.53. The summed E-state index contributed by atoms with van der Waals surface area (Å²) in [5.41, 5.74) is 3.89. The molecule has 1 saturated heterocycles. The van der Waals surface area contributed by atoms with Crippen molar-refractivity contribution in [2.75, 3.05) is 25.6 Å². The molecular formula is C23H23N5O4. The largest absolute Gasteiger partial charge is 0.383 e. The van der Waals surface area contributed by atoms with Crippen molar-refractivity contribution >= 4 is 29.2 Å². The van der Waals surface area contributed by atoms with Gasteiger partial charge in [-0.1, -0.05) is 12.1 Å². The standard InChI is InChI=1S/C23H23N5O4/c1-32-11-9-24-21-20(25-18-4-2-3-10-27(18)21)14-5-6-16-15(12-14)13-28(23(16)31)17-7-8-19(29)26-22(17)30/h2-6,10,12,17,24H,7-9,11,13H2,1H3,(H,26,29,30). The van der Waals surface area contributed by atoms with Crippen molar-refractivity contribution in [3.8, 4) is 11.3 Å². The number of carbonyl (C=O) groups is 3. The molecule has 0 aliphatic carbocycles. The number of nitrogens with one attached hydrogen (secondary N) is 2. The number of hydrogen-bond donors (Lipinski definition) is 2. The Bertz CT molecular complexity index is 1230.